The zero-order chi connectivity index (χ0) is 27.1. The number of amides is 1. The van der Waals surface area contributed by atoms with Crippen LogP contribution in [0.25, 0.3) is 0 Å². The number of alkyl halides is 3. The fraction of sp³-hybridized carbons (Fsp3) is 0.586. The summed E-state index contributed by atoms with van der Waals surface area (Å²) in [4.78, 5) is 24.4. The van der Waals surface area contributed by atoms with Gasteiger partial charge in [-0.05, 0) is 82.3 Å². The number of carbonyl (C=O) groups is 1. The molecule has 5 heterocycles. The molecule has 3 fully saturated rings. The van der Waals surface area contributed by atoms with Crippen molar-refractivity contribution in [1.29, 1.82) is 0 Å². The fourth-order valence-corrected chi connectivity index (χ4v) is 7.04. The molecule has 2 unspecified atom stereocenters. The lowest BCUT2D eigenvalue weighted by Gasteiger charge is -2.40. The number of halogens is 3. The van der Waals surface area contributed by atoms with Crippen LogP contribution in [0.2, 0.25) is 0 Å². The first-order valence-electron chi connectivity index (χ1n) is 14.1. The Kier molecular flexibility index (Phi) is 7.18. The number of fused-ring (bicyclic) bond motifs is 4. The molecule has 1 aromatic heterocycles. The molecule has 0 radical (unpaired) electrons. The van der Waals surface area contributed by atoms with Gasteiger partial charge in [-0.3, -0.25) is 9.69 Å². The highest BCUT2D eigenvalue weighted by atomic mass is 19.4. The number of benzene rings is 1. The van der Waals surface area contributed by atoms with E-state index in [-0.39, 0.29) is 24.5 Å². The standard InChI is InChI=1S/C29H36F3N5O2/c1-39-24-14-21-6-7-22(15-24)37(21)23-8-9-25-26(16-23)36(17-20-4-2-11-33-27(20)34-25)28(38)19-5-3-12-35(13-10-19)18-29(30,31)32/h2,4,8-9,11,16,19,21-22,24H,3,5-7,10,12-15,17-18H2,1H3,(H,33,34)/t19?,21-,22+,24?. The van der Waals surface area contributed by atoms with Gasteiger partial charge in [-0.25, -0.2) is 4.98 Å². The summed E-state index contributed by atoms with van der Waals surface area (Å²) >= 11 is 0. The van der Waals surface area contributed by atoms with Gasteiger partial charge < -0.3 is 19.9 Å². The van der Waals surface area contributed by atoms with Crippen LogP contribution < -0.4 is 15.1 Å². The van der Waals surface area contributed by atoms with Crippen LogP contribution in [0.1, 0.15) is 50.5 Å². The van der Waals surface area contributed by atoms with Crippen molar-refractivity contribution in [2.24, 2.45) is 5.92 Å². The lowest BCUT2D eigenvalue weighted by atomic mass is 9.97. The van der Waals surface area contributed by atoms with E-state index < -0.39 is 12.7 Å². The zero-order valence-corrected chi connectivity index (χ0v) is 22.3. The number of aromatic nitrogens is 1. The highest BCUT2D eigenvalue weighted by molar-refractivity contribution is 6.00. The van der Waals surface area contributed by atoms with E-state index >= 15 is 0 Å². The number of rotatable bonds is 4. The fourth-order valence-electron chi connectivity index (χ4n) is 7.04. The largest absolute Gasteiger partial charge is 0.401 e. The Morgan fingerprint density at radius 1 is 1.10 bits per heavy atom. The molecule has 0 saturated carbocycles. The first-order chi connectivity index (χ1) is 18.8. The third kappa shape index (κ3) is 5.45. The maximum Gasteiger partial charge on any atom is 0.401 e. The molecular weight excluding hydrogens is 507 g/mol. The maximum atomic E-state index is 14.1. The van der Waals surface area contributed by atoms with Crippen LogP contribution in [0.5, 0.6) is 0 Å². The molecule has 7 nitrogen and oxygen atoms in total. The third-order valence-electron chi connectivity index (χ3n) is 8.91. The molecule has 3 saturated heterocycles. The van der Waals surface area contributed by atoms with Crippen molar-refractivity contribution in [3.63, 3.8) is 0 Å². The Hall–Kier alpha value is -2.85. The first kappa shape index (κ1) is 26.4. The summed E-state index contributed by atoms with van der Waals surface area (Å²) in [5, 5.41) is 3.44. The van der Waals surface area contributed by atoms with Crippen molar-refractivity contribution in [3.8, 4) is 0 Å². The normalized spacial score (nSPS) is 27.3. The molecule has 1 amide bonds. The number of carbonyl (C=O) groups excluding carboxylic acids is 1. The van der Waals surface area contributed by atoms with Gasteiger partial charge in [-0.2, -0.15) is 13.2 Å². The highest BCUT2D eigenvalue weighted by Gasteiger charge is 2.42. The van der Waals surface area contributed by atoms with Crippen molar-refractivity contribution in [2.45, 2.75) is 75.9 Å². The zero-order valence-electron chi connectivity index (χ0n) is 22.3. The van der Waals surface area contributed by atoms with E-state index in [0.29, 0.717) is 44.4 Å². The van der Waals surface area contributed by atoms with E-state index in [0.717, 1.165) is 54.1 Å². The Morgan fingerprint density at radius 3 is 2.64 bits per heavy atom. The van der Waals surface area contributed by atoms with Gasteiger partial charge in [-0.15, -0.1) is 0 Å². The van der Waals surface area contributed by atoms with Gasteiger partial charge in [0.05, 0.1) is 30.6 Å². The summed E-state index contributed by atoms with van der Waals surface area (Å²) in [6.45, 7) is 0.0745. The van der Waals surface area contributed by atoms with E-state index in [1.807, 2.05) is 23.1 Å². The van der Waals surface area contributed by atoms with Crippen LogP contribution in [0.15, 0.2) is 36.5 Å². The average molecular weight is 544 g/mol. The molecule has 4 atom stereocenters. The number of likely N-dealkylation sites (tertiary alicyclic amines) is 1. The van der Waals surface area contributed by atoms with Crippen LogP contribution in [0, 0.1) is 5.92 Å². The average Bonchev–Trinajstić information content (AvgIpc) is 3.09. The molecule has 4 aliphatic rings. The van der Waals surface area contributed by atoms with Crippen molar-refractivity contribution < 1.29 is 22.7 Å². The predicted octanol–water partition coefficient (Wildman–Crippen LogP) is 5.48. The Bertz CT molecular complexity index is 1190. The monoisotopic (exact) mass is 543 g/mol. The summed E-state index contributed by atoms with van der Waals surface area (Å²) in [6, 6.07) is 10.9. The summed E-state index contributed by atoms with van der Waals surface area (Å²) in [5.74, 6) is 0.369. The number of nitrogens with zero attached hydrogens (tertiary/aromatic N) is 4. The van der Waals surface area contributed by atoms with Gasteiger partial charge in [0.1, 0.15) is 5.82 Å². The number of anilines is 4. The second-order valence-corrected chi connectivity index (χ2v) is 11.4. The second-order valence-electron chi connectivity index (χ2n) is 11.4. The quantitative estimate of drug-likeness (QED) is 0.551. The number of hydrogen-bond donors (Lipinski definition) is 1. The van der Waals surface area contributed by atoms with Crippen LogP contribution in [-0.2, 0) is 16.1 Å². The number of hydrogen-bond acceptors (Lipinski definition) is 6. The minimum Gasteiger partial charge on any atom is -0.381 e. The molecule has 1 N–H and O–H groups in total. The van der Waals surface area contributed by atoms with Gasteiger partial charge in [0.15, 0.2) is 0 Å². The second kappa shape index (κ2) is 10.6. The molecule has 2 bridgehead atoms. The van der Waals surface area contributed by atoms with Crippen molar-refractivity contribution in [3.05, 3.63) is 42.1 Å². The van der Waals surface area contributed by atoms with Crippen LogP contribution in [0.3, 0.4) is 0 Å². The van der Waals surface area contributed by atoms with Gasteiger partial charge in [0.2, 0.25) is 5.91 Å². The van der Waals surface area contributed by atoms with Crippen molar-refractivity contribution >= 4 is 28.8 Å². The Balaban J connectivity index is 1.30. The molecular formula is C29H36F3N5O2. The van der Waals surface area contributed by atoms with Gasteiger partial charge >= 0.3 is 6.18 Å². The lowest BCUT2D eigenvalue weighted by molar-refractivity contribution is -0.145. The van der Waals surface area contributed by atoms with Crippen LogP contribution >= 0.6 is 0 Å². The minimum absolute atomic E-state index is 0.0261. The topological polar surface area (TPSA) is 60.9 Å². The summed E-state index contributed by atoms with van der Waals surface area (Å²) < 4.78 is 44.8. The van der Waals surface area contributed by atoms with E-state index in [1.54, 1.807) is 13.3 Å². The van der Waals surface area contributed by atoms with Crippen LogP contribution in [-0.4, -0.2) is 66.9 Å². The van der Waals surface area contributed by atoms with Gasteiger partial charge in [0.25, 0.3) is 0 Å². The smallest absolute Gasteiger partial charge is 0.381 e. The minimum atomic E-state index is -4.23. The Labute approximate surface area is 227 Å². The third-order valence-corrected chi connectivity index (χ3v) is 8.91. The molecule has 0 aliphatic carbocycles. The van der Waals surface area contributed by atoms with Crippen LogP contribution in [0.4, 0.5) is 36.1 Å². The van der Waals surface area contributed by atoms with E-state index in [2.05, 4.69) is 27.3 Å². The number of ether oxygens (including phenoxy) is 1. The molecule has 6 rings (SSSR count). The molecule has 4 aliphatic heterocycles. The summed E-state index contributed by atoms with van der Waals surface area (Å²) in [6.07, 6.45) is 3.62. The number of nitrogens with one attached hydrogen (secondary N) is 1. The molecule has 1 aromatic carbocycles. The van der Waals surface area contributed by atoms with Crippen molar-refractivity contribution in [2.75, 3.05) is 41.9 Å². The first-order valence-corrected chi connectivity index (χ1v) is 14.1. The number of pyridine rings is 1. The summed E-state index contributed by atoms with van der Waals surface area (Å²) in [7, 11) is 1.79. The predicted molar refractivity (Wildman–Crippen MR) is 144 cm³/mol. The molecule has 39 heavy (non-hydrogen) atoms. The summed E-state index contributed by atoms with van der Waals surface area (Å²) in [5.41, 5.74) is 3.64. The van der Waals surface area contributed by atoms with Gasteiger partial charge in [0, 0.05) is 42.6 Å². The van der Waals surface area contributed by atoms with Crippen molar-refractivity contribution in [1.82, 2.24) is 9.88 Å². The number of methoxy groups -OCH3 is 1. The number of piperidine rings is 1. The lowest BCUT2D eigenvalue weighted by Crippen LogP contribution is -2.45. The van der Waals surface area contributed by atoms with E-state index in [1.165, 1.54) is 4.90 Å². The maximum absolute atomic E-state index is 14.1. The molecule has 0 spiro atoms. The van der Waals surface area contributed by atoms with E-state index in [9.17, 15) is 18.0 Å². The molecule has 10 heteroatoms. The molecule has 2 aromatic rings. The SMILES string of the molecule is COC1C[C@H]2CC[C@@H](C1)N2c1ccc2c(c1)N(C(=O)C1CCCN(CC(F)(F)F)CC1)Cc1cccnc1N2. The van der Waals surface area contributed by atoms with E-state index in [4.69, 9.17) is 4.74 Å². The highest BCUT2D eigenvalue weighted by Crippen LogP contribution is 2.44. The molecule has 210 valence electrons. The Morgan fingerprint density at radius 2 is 1.90 bits per heavy atom. The van der Waals surface area contributed by atoms with Gasteiger partial charge in [-0.1, -0.05) is 6.07 Å².